The van der Waals surface area contributed by atoms with Gasteiger partial charge in [0.05, 0.1) is 16.8 Å². The number of rotatable bonds is 4. The smallest absolute Gasteiger partial charge is 0.305 e. The fourth-order valence-electron chi connectivity index (χ4n) is 2.87. The first-order valence-corrected chi connectivity index (χ1v) is 9.25. The van der Waals surface area contributed by atoms with Crippen molar-refractivity contribution in [2.24, 2.45) is 0 Å². The molecule has 1 aliphatic rings. The van der Waals surface area contributed by atoms with Gasteiger partial charge in [-0.25, -0.2) is 0 Å². The number of carbonyl (C=O) groups is 2. The van der Waals surface area contributed by atoms with Crippen LogP contribution in [0.2, 0.25) is 0 Å². The molecule has 1 aromatic carbocycles. The molecule has 0 spiro atoms. The van der Waals surface area contributed by atoms with Crippen molar-refractivity contribution >= 4 is 62.8 Å². The number of tetrazole rings is 1. The Labute approximate surface area is 162 Å². The van der Waals surface area contributed by atoms with Crippen LogP contribution in [0, 0.1) is 6.92 Å². The topological polar surface area (TPSA) is 101 Å². The van der Waals surface area contributed by atoms with Gasteiger partial charge in [0.15, 0.2) is 5.65 Å². The van der Waals surface area contributed by atoms with E-state index < -0.39 is 5.97 Å². The molecule has 1 N–H and O–H groups in total. The molecule has 2 aromatic heterocycles. The fourth-order valence-corrected chi connectivity index (χ4v) is 4.17. The van der Waals surface area contributed by atoms with Crippen LogP contribution in [0.15, 0.2) is 29.2 Å². The van der Waals surface area contributed by atoms with Gasteiger partial charge in [-0.05, 0) is 41.1 Å². The van der Waals surface area contributed by atoms with Gasteiger partial charge in [0.2, 0.25) is 0 Å². The van der Waals surface area contributed by atoms with Gasteiger partial charge in [-0.3, -0.25) is 14.5 Å². The van der Waals surface area contributed by atoms with Crippen LogP contribution < -0.4 is 0 Å². The van der Waals surface area contributed by atoms with Crippen molar-refractivity contribution in [1.29, 1.82) is 0 Å². The number of carbonyl (C=O) groups excluding carboxylic acids is 1. The van der Waals surface area contributed by atoms with Crippen LogP contribution in [0.1, 0.15) is 17.5 Å². The predicted octanol–water partition coefficient (Wildman–Crippen LogP) is 2.26. The Hall–Kier alpha value is -2.85. The molecule has 0 radical (unpaired) electrons. The number of fused-ring (bicyclic) bond motifs is 3. The molecule has 27 heavy (non-hydrogen) atoms. The van der Waals surface area contributed by atoms with Crippen molar-refractivity contribution in [3.63, 3.8) is 0 Å². The summed E-state index contributed by atoms with van der Waals surface area (Å²) in [6, 6.07) is 7.88. The lowest BCUT2D eigenvalue weighted by Crippen LogP contribution is -2.30. The van der Waals surface area contributed by atoms with Gasteiger partial charge >= 0.3 is 5.97 Å². The lowest BCUT2D eigenvalue weighted by molar-refractivity contribution is -0.137. The molecular formula is C17H13N5O3S2. The molecule has 3 heterocycles. The summed E-state index contributed by atoms with van der Waals surface area (Å²) in [6.45, 7) is 2.04. The molecule has 4 rings (SSSR count). The molecule has 3 aromatic rings. The molecule has 1 amide bonds. The fraction of sp³-hybridized carbons (Fsp3) is 0.176. The summed E-state index contributed by atoms with van der Waals surface area (Å²) in [5, 5.41) is 21.7. The molecule has 0 aliphatic carbocycles. The molecule has 1 fully saturated rings. The Kier molecular flexibility index (Phi) is 4.36. The van der Waals surface area contributed by atoms with Crippen LogP contribution in [0.25, 0.3) is 22.6 Å². The number of aromatic nitrogens is 4. The maximum absolute atomic E-state index is 12.6. The summed E-state index contributed by atoms with van der Waals surface area (Å²) in [5.74, 6) is -1.28. The normalized spacial score (nSPS) is 16.2. The highest BCUT2D eigenvalue weighted by molar-refractivity contribution is 8.26. The number of benzene rings is 1. The highest BCUT2D eigenvalue weighted by Gasteiger charge is 2.32. The second-order valence-electron chi connectivity index (χ2n) is 6.05. The van der Waals surface area contributed by atoms with E-state index in [-0.39, 0.29) is 18.9 Å². The maximum atomic E-state index is 12.6. The van der Waals surface area contributed by atoms with Crippen LogP contribution in [0.4, 0.5) is 0 Å². The summed E-state index contributed by atoms with van der Waals surface area (Å²) in [7, 11) is 0. The molecule has 136 valence electrons. The number of carboxylic acids is 1. The van der Waals surface area contributed by atoms with E-state index in [1.807, 2.05) is 31.2 Å². The number of amides is 1. The van der Waals surface area contributed by atoms with Gasteiger partial charge < -0.3 is 5.11 Å². The highest BCUT2D eigenvalue weighted by atomic mass is 32.2. The van der Waals surface area contributed by atoms with Gasteiger partial charge in [-0.1, -0.05) is 36.1 Å². The van der Waals surface area contributed by atoms with E-state index in [0.717, 1.165) is 28.2 Å². The third-order valence-corrected chi connectivity index (χ3v) is 5.54. The number of hydrogen-bond donors (Lipinski definition) is 1. The SMILES string of the molecule is Cc1ccc2cc(/C=C3\SC(=S)N(CCC(=O)O)C3=O)c3nnnn3c2c1. The molecule has 10 heteroatoms. The van der Waals surface area contributed by atoms with Crippen LogP contribution in [-0.2, 0) is 9.59 Å². The number of pyridine rings is 1. The molecular weight excluding hydrogens is 386 g/mol. The molecule has 8 nitrogen and oxygen atoms in total. The number of carboxylic acid groups (broad SMARTS) is 1. The minimum atomic E-state index is -0.978. The number of thiocarbonyl (C=S) groups is 1. The zero-order chi connectivity index (χ0) is 19.1. The van der Waals surface area contributed by atoms with E-state index >= 15 is 0 Å². The molecule has 0 unspecified atom stereocenters. The molecule has 1 aliphatic heterocycles. The summed E-state index contributed by atoms with van der Waals surface area (Å²) in [5.41, 5.74) is 3.19. The van der Waals surface area contributed by atoms with Crippen molar-refractivity contribution < 1.29 is 14.7 Å². The van der Waals surface area contributed by atoms with Gasteiger partial charge in [0.25, 0.3) is 5.91 Å². The third-order valence-electron chi connectivity index (χ3n) is 4.16. The summed E-state index contributed by atoms with van der Waals surface area (Å²) >= 11 is 6.37. The summed E-state index contributed by atoms with van der Waals surface area (Å²) in [6.07, 6.45) is 1.54. The molecule has 1 saturated heterocycles. The van der Waals surface area contributed by atoms with Crippen molar-refractivity contribution in [2.75, 3.05) is 6.54 Å². The van der Waals surface area contributed by atoms with Crippen molar-refractivity contribution in [2.45, 2.75) is 13.3 Å². The Balaban J connectivity index is 1.77. The highest BCUT2D eigenvalue weighted by Crippen LogP contribution is 2.33. The second kappa shape index (κ2) is 6.71. The van der Waals surface area contributed by atoms with Crippen LogP contribution in [0.3, 0.4) is 0 Å². The van der Waals surface area contributed by atoms with Crippen molar-refractivity contribution in [3.8, 4) is 0 Å². The minimum Gasteiger partial charge on any atom is -0.481 e. The van der Waals surface area contributed by atoms with E-state index in [1.165, 1.54) is 4.90 Å². The van der Waals surface area contributed by atoms with Gasteiger partial charge in [-0.15, -0.1) is 5.10 Å². The molecule has 0 atom stereocenters. The summed E-state index contributed by atoms with van der Waals surface area (Å²) < 4.78 is 1.99. The van der Waals surface area contributed by atoms with Crippen LogP contribution >= 0.6 is 24.0 Å². The monoisotopic (exact) mass is 399 g/mol. The number of aryl methyl sites for hydroxylation is 1. The Bertz CT molecular complexity index is 1150. The molecule has 0 bridgehead atoms. The first kappa shape index (κ1) is 17.6. The zero-order valence-electron chi connectivity index (χ0n) is 14.1. The Morgan fingerprint density at radius 3 is 2.96 bits per heavy atom. The van der Waals surface area contributed by atoms with E-state index in [9.17, 15) is 9.59 Å². The second-order valence-corrected chi connectivity index (χ2v) is 7.73. The maximum Gasteiger partial charge on any atom is 0.305 e. The average molecular weight is 399 g/mol. The zero-order valence-corrected chi connectivity index (χ0v) is 15.8. The van der Waals surface area contributed by atoms with Gasteiger partial charge in [0, 0.05) is 17.5 Å². The number of aliphatic carboxylic acids is 1. The average Bonchev–Trinajstić information content (AvgIpc) is 3.20. The number of nitrogens with zero attached hydrogens (tertiary/aromatic N) is 5. The standard InChI is InChI=1S/C17H13N5O3S2/c1-9-2-3-10-7-11(15-18-19-20-22(15)12(10)6-9)8-13-16(25)21(17(26)27-13)5-4-14(23)24/h2-3,6-8H,4-5H2,1H3,(H,23,24)/b13-8-. The van der Waals surface area contributed by atoms with Gasteiger partial charge in [-0.2, -0.15) is 4.52 Å². The number of thioether (sulfide) groups is 1. The quantitative estimate of drug-likeness (QED) is 0.527. The third kappa shape index (κ3) is 3.17. The molecule has 0 saturated carbocycles. The van der Waals surface area contributed by atoms with Crippen molar-refractivity contribution in [1.82, 2.24) is 24.9 Å². The van der Waals surface area contributed by atoms with Crippen LogP contribution in [0.5, 0.6) is 0 Å². The first-order chi connectivity index (χ1) is 12.9. The van der Waals surface area contributed by atoms with E-state index in [2.05, 4.69) is 15.5 Å². The van der Waals surface area contributed by atoms with Gasteiger partial charge in [0.1, 0.15) is 4.32 Å². The largest absolute Gasteiger partial charge is 0.481 e. The summed E-state index contributed by atoms with van der Waals surface area (Å²) in [4.78, 5) is 25.1. The lowest BCUT2D eigenvalue weighted by Gasteiger charge is -2.12. The minimum absolute atomic E-state index is 0.0518. The Morgan fingerprint density at radius 2 is 2.19 bits per heavy atom. The van der Waals surface area contributed by atoms with E-state index in [4.69, 9.17) is 17.3 Å². The first-order valence-electron chi connectivity index (χ1n) is 8.02. The lowest BCUT2D eigenvalue weighted by atomic mass is 10.1. The van der Waals surface area contributed by atoms with Crippen LogP contribution in [-0.4, -0.2) is 52.8 Å². The van der Waals surface area contributed by atoms with E-state index in [1.54, 1.807) is 10.6 Å². The van der Waals surface area contributed by atoms with E-state index in [0.29, 0.717) is 20.4 Å². The van der Waals surface area contributed by atoms with Crippen molar-refractivity contribution in [3.05, 3.63) is 40.3 Å². The Morgan fingerprint density at radius 1 is 1.37 bits per heavy atom. The predicted molar refractivity (Wildman–Crippen MR) is 105 cm³/mol. The number of hydrogen-bond acceptors (Lipinski definition) is 7.